The topological polar surface area (TPSA) is 93.7 Å². The highest BCUT2D eigenvalue weighted by Crippen LogP contribution is 2.28. The highest BCUT2D eigenvalue weighted by Gasteiger charge is 2.23. The van der Waals surface area contributed by atoms with Crippen molar-refractivity contribution in [2.24, 2.45) is 5.73 Å². The van der Waals surface area contributed by atoms with Gasteiger partial charge in [0.1, 0.15) is 0 Å². The molecule has 4 rings (SSSR count). The molecule has 1 aliphatic carbocycles. The van der Waals surface area contributed by atoms with Crippen LogP contribution in [0.25, 0.3) is 11.2 Å². The molecular formula is C20H26ClN7. The van der Waals surface area contributed by atoms with Crippen LogP contribution in [0.5, 0.6) is 0 Å². The van der Waals surface area contributed by atoms with Gasteiger partial charge >= 0.3 is 0 Å². The van der Waals surface area contributed by atoms with Crippen LogP contribution in [-0.2, 0) is 0 Å². The summed E-state index contributed by atoms with van der Waals surface area (Å²) >= 11 is 6.13. The van der Waals surface area contributed by atoms with Gasteiger partial charge in [-0.1, -0.05) is 30.5 Å². The third-order valence-electron chi connectivity index (χ3n) is 5.20. The summed E-state index contributed by atoms with van der Waals surface area (Å²) in [5.41, 5.74) is 8.69. The molecule has 0 amide bonds. The Morgan fingerprint density at radius 1 is 1.21 bits per heavy atom. The average molecular weight is 400 g/mol. The first-order valence-corrected chi connectivity index (χ1v) is 10.2. The van der Waals surface area contributed by atoms with Crippen LogP contribution >= 0.6 is 11.6 Å². The maximum Gasteiger partial charge on any atom is 0.227 e. The van der Waals surface area contributed by atoms with Crippen LogP contribution in [0.1, 0.15) is 45.6 Å². The van der Waals surface area contributed by atoms with Crippen LogP contribution in [0.2, 0.25) is 5.02 Å². The summed E-state index contributed by atoms with van der Waals surface area (Å²) in [7, 11) is 0. The summed E-state index contributed by atoms with van der Waals surface area (Å²) in [6.07, 6.45) is 6.22. The van der Waals surface area contributed by atoms with Crippen molar-refractivity contribution in [3.8, 4) is 0 Å². The molecule has 0 unspecified atom stereocenters. The Morgan fingerprint density at radius 2 is 2.04 bits per heavy atom. The van der Waals surface area contributed by atoms with Gasteiger partial charge in [0.25, 0.3) is 0 Å². The normalized spacial score (nSPS) is 19.9. The van der Waals surface area contributed by atoms with Crippen LogP contribution in [0.4, 0.5) is 17.5 Å². The van der Waals surface area contributed by atoms with Gasteiger partial charge in [0.15, 0.2) is 17.0 Å². The Hall–Kier alpha value is -2.38. The lowest BCUT2D eigenvalue weighted by Gasteiger charge is -2.29. The van der Waals surface area contributed by atoms with Gasteiger partial charge in [-0.3, -0.25) is 0 Å². The molecule has 1 fully saturated rings. The number of hydrogen-bond donors (Lipinski definition) is 3. The van der Waals surface area contributed by atoms with E-state index >= 15 is 0 Å². The van der Waals surface area contributed by atoms with E-state index in [1.165, 1.54) is 12.8 Å². The van der Waals surface area contributed by atoms with Crippen LogP contribution in [0.3, 0.4) is 0 Å². The summed E-state index contributed by atoms with van der Waals surface area (Å²) in [4.78, 5) is 14.0. The van der Waals surface area contributed by atoms with E-state index in [1.54, 1.807) is 0 Å². The van der Waals surface area contributed by atoms with E-state index in [2.05, 4.69) is 29.5 Å². The molecule has 2 atom stereocenters. The molecule has 0 saturated heterocycles. The van der Waals surface area contributed by atoms with Crippen LogP contribution < -0.4 is 16.4 Å². The summed E-state index contributed by atoms with van der Waals surface area (Å²) in [5, 5.41) is 7.47. The minimum atomic E-state index is 0.118. The van der Waals surface area contributed by atoms with E-state index in [0.29, 0.717) is 16.8 Å². The molecular weight excluding hydrogens is 374 g/mol. The number of aromatic nitrogens is 4. The zero-order chi connectivity index (χ0) is 19.7. The maximum atomic E-state index is 6.31. The van der Waals surface area contributed by atoms with Crippen molar-refractivity contribution >= 4 is 40.2 Å². The number of benzene rings is 1. The minimum Gasteiger partial charge on any atom is -0.350 e. The fourth-order valence-electron chi connectivity index (χ4n) is 3.65. The first-order valence-electron chi connectivity index (χ1n) is 9.80. The molecule has 2 heterocycles. The number of rotatable bonds is 5. The summed E-state index contributed by atoms with van der Waals surface area (Å²) in [5.74, 6) is 1.22. The number of hydrogen-bond acceptors (Lipinski definition) is 6. The van der Waals surface area contributed by atoms with Crippen molar-refractivity contribution in [1.29, 1.82) is 0 Å². The third-order valence-corrected chi connectivity index (χ3v) is 5.43. The van der Waals surface area contributed by atoms with Crippen LogP contribution in [0.15, 0.2) is 30.6 Å². The minimum absolute atomic E-state index is 0.118. The Kier molecular flexibility index (Phi) is 5.37. The predicted octanol–water partition coefficient (Wildman–Crippen LogP) is 4.49. The first kappa shape index (κ1) is 19.0. The Balaban J connectivity index is 1.74. The molecule has 0 spiro atoms. The summed E-state index contributed by atoms with van der Waals surface area (Å²) < 4.78 is 2.05. The third kappa shape index (κ3) is 3.91. The fourth-order valence-corrected chi connectivity index (χ4v) is 3.84. The van der Waals surface area contributed by atoms with Gasteiger partial charge in [-0.15, -0.1) is 0 Å². The SMILES string of the molecule is CC(C)n1cnc2c(Nc3cccc(Cl)c3)nc(N[C@@H]3CCCC[C@@H]3N)nc21. The largest absolute Gasteiger partial charge is 0.350 e. The highest BCUT2D eigenvalue weighted by molar-refractivity contribution is 6.30. The van der Waals surface area contributed by atoms with Gasteiger partial charge in [0.05, 0.1) is 6.33 Å². The molecule has 1 aromatic carbocycles. The molecule has 0 aliphatic heterocycles. The number of imidazole rings is 1. The lowest BCUT2D eigenvalue weighted by molar-refractivity contribution is 0.402. The monoisotopic (exact) mass is 399 g/mol. The van der Waals surface area contributed by atoms with E-state index in [4.69, 9.17) is 27.3 Å². The molecule has 1 aliphatic rings. The van der Waals surface area contributed by atoms with E-state index < -0.39 is 0 Å². The van der Waals surface area contributed by atoms with Gasteiger partial charge < -0.3 is 20.9 Å². The van der Waals surface area contributed by atoms with Crippen molar-refractivity contribution in [3.05, 3.63) is 35.6 Å². The predicted molar refractivity (Wildman–Crippen MR) is 114 cm³/mol. The molecule has 0 bridgehead atoms. The molecule has 0 radical (unpaired) electrons. The zero-order valence-electron chi connectivity index (χ0n) is 16.2. The number of anilines is 3. The van der Waals surface area contributed by atoms with E-state index in [9.17, 15) is 0 Å². The first-order chi connectivity index (χ1) is 13.5. The summed E-state index contributed by atoms with van der Waals surface area (Å²) in [6.45, 7) is 4.22. The molecule has 28 heavy (non-hydrogen) atoms. The Morgan fingerprint density at radius 3 is 2.79 bits per heavy atom. The molecule has 7 nitrogen and oxygen atoms in total. The van der Waals surface area contributed by atoms with Gasteiger partial charge in [-0.05, 0) is 44.9 Å². The lowest BCUT2D eigenvalue weighted by Crippen LogP contribution is -2.43. The van der Waals surface area contributed by atoms with Crippen LogP contribution in [-0.4, -0.2) is 31.6 Å². The fraction of sp³-hybridized carbons (Fsp3) is 0.450. The number of nitrogens with one attached hydrogen (secondary N) is 2. The van der Waals surface area contributed by atoms with Gasteiger partial charge in [0.2, 0.25) is 5.95 Å². The summed E-state index contributed by atoms with van der Waals surface area (Å²) in [6, 6.07) is 8.09. The highest BCUT2D eigenvalue weighted by atomic mass is 35.5. The number of fused-ring (bicyclic) bond motifs is 1. The Bertz CT molecular complexity index is 968. The molecule has 4 N–H and O–H groups in total. The quantitative estimate of drug-likeness (QED) is 0.585. The maximum absolute atomic E-state index is 6.31. The molecule has 148 valence electrons. The van der Waals surface area contributed by atoms with Crippen molar-refractivity contribution < 1.29 is 0 Å². The molecule has 1 saturated carbocycles. The van der Waals surface area contributed by atoms with Crippen molar-refractivity contribution in [3.63, 3.8) is 0 Å². The average Bonchev–Trinajstić information content (AvgIpc) is 3.08. The second-order valence-electron chi connectivity index (χ2n) is 7.65. The van der Waals surface area contributed by atoms with E-state index in [-0.39, 0.29) is 18.1 Å². The number of nitrogens with two attached hydrogens (primary N) is 1. The van der Waals surface area contributed by atoms with E-state index in [0.717, 1.165) is 29.7 Å². The van der Waals surface area contributed by atoms with Crippen molar-refractivity contribution in [1.82, 2.24) is 19.5 Å². The zero-order valence-corrected chi connectivity index (χ0v) is 16.9. The molecule has 3 aromatic rings. The smallest absolute Gasteiger partial charge is 0.227 e. The second-order valence-corrected chi connectivity index (χ2v) is 8.08. The lowest BCUT2D eigenvalue weighted by atomic mass is 9.91. The van der Waals surface area contributed by atoms with Gasteiger partial charge in [0, 0.05) is 28.8 Å². The molecule has 2 aromatic heterocycles. The van der Waals surface area contributed by atoms with E-state index in [1.807, 2.05) is 35.2 Å². The standard InChI is InChI=1S/C20H26ClN7/c1-12(2)28-11-23-17-18(24-14-7-5-6-13(21)10-14)26-20(27-19(17)28)25-16-9-4-3-8-15(16)22/h5-7,10-12,15-16H,3-4,8-9,22H2,1-2H3,(H2,24,25,26,27)/t15-,16+/m0/s1. The Labute approximate surface area is 169 Å². The van der Waals surface area contributed by atoms with Gasteiger partial charge in [-0.2, -0.15) is 9.97 Å². The number of nitrogens with zero attached hydrogens (tertiary/aromatic N) is 4. The van der Waals surface area contributed by atoms with Crippen LogP contribution in [0, 0.1) is 0 Å². The van der Waals surface area contributed by atoms with Crippen molar-refractivity contribution in [2.75, 3.05) is 10.6 Å². The van der Waals surface area contributed by atoms with Gasteiger partial charge in [-0.25, -0.2) is 4.98 Å². The molecule has 8 heteroatoms. The second kappa shape index (κ2) is 7.93. The number of halogens is 1. The van der Waals surface area contributed by atoms with Crippen molar-refractivity contribution in [2.45, 2.75) is 57.7 Å².